The van der Waals surface area contributed by atoms with Crippen molar-refractivity contribution in [2.24, 2.45) is 5.92 Å². The summed E-state index contributed by atoms with van der Waals surface area (Å²) in [6, 6.07) is 4.01. The molecular weight excluding hydrogens is 164 g/mol. The molecule has 0 amide bonds. The highest BCUT2D eigenvalue weighted by atomic mass is 16.3. The van der Waals surface area contributed by atoms with Crippen LogP contribution in [0.4, 0.5) is 5.82 Å². The van der Waals surface area contributed by atoms with Crippen LogP contribution in [0.25, 0.3) is 0 Å². The predicted octanol–water partition coefficient (Wildman–Crippen LogP) is 0.819. The summed E-state index contributed by atoms with van der Waals surface area (Å²) < 4.78 is 0. The molecule has 0 aliphatic carbocycles. The Labute approximate surface area is 78.0 Å². The second-order valence-corrected chi connectivity index (χ2v) is 3.60. The van der Waals surface area contributed by atoms with Crippen molar-refractivity contribution in [3.05, 3.63) is 23.9 Å². The largest absolute Gasteiger partial charge is 0.396 e. The van der Waals surface area contributed by atoms with E-state index in [2.05, 4.69) is 22.9 Å². The van der Waals surface area contributed by atoms with Gasteiger partial charge in [0.25, 0.3) is 0 Å². The molecule has 0 aromatic carbocycles. The summed E-state index contributed by atoms with van der Waals surface area (Å²) in [5, 5.41) is 8.87. The van der Waals surface area contributed by atoms with Crippen LogP contribution in [0.15, 0.2) is 18.3 Å². The fourth-order valence-electron chi connectivity index (χ4n) is 1.67. The molecular formula is C10H14N2O. The van der Waals surface area contributed by atoms with Crippen LogP contribution in [0.1, 0.15) is 5.56 Å². The van der Waals surface area contributed by atoms with Crippen LogP contribution in [0.3, 0.4) is 0 Å². The molecule has 0 atom stereocenters. The molecule has 70 valence electrons. The zero-order chi connectivity index (χ0) is 9.26. The molecule has 0 spiro atoms. The molecule has 3 nitrogen and oxygen atoms in total. The molecule has 0 bridgehead atoms. The van der Waals surface area contributed by atoms with Crippen LogP contribution in [0, 0.1) is 12.8 Å². The van der Waals surface area contributed by atoms with Gasteiger partial charge in [-0.3, -0.25) is 0 Å². The highest BCUT2D eigenvalue weighted by Gasteiger charge is 2.27. The number of nitrogens with zero attached hydrogens (tertiary/aromatic N) is 2. The van der Waals surface area contributed by atoms with Gasteiger partial charge >= 0.3 is 0 Å². The lowest BCUT2D eigenvalue weighted by atomic mass is 10.0. The van der Waals surface area contributed by atoms with Crippen molar-refractivity contribution >= 4 is 5.82 Å². The topological polar surface area (TPSA) is 36.4 Å². The van der Waals surface area contributed by atoms with Crippen molar-refractivity contribution in [3.63, 3.8) is 0 Å². The zero-order valence-corrected chi connectivity index (χ0v) is 7.77. The van der Waals surface area contributed by atoms with Crippen molar-refractivity contribution in [1.82, 2.24) is 4.98 Å². The molecule has 0 unspecified atom stereocenters. The lowest BCUT2D eigenvalue weighted by Gasteiger charge is -2.39. The van der Waals surface area contributed by atoms with Crippen LogP contribution in [-0.4, -0.2) is 29.8 Å². The third-order valence-corrected chi connectivity index (χ3v) is 2.50. The normalized spacial score (nSPS) is 17.2. The minimum atomic E-state index is 0.294. The molecule has 1 saturated heterocycles. The summed E-state index contributed by atoms with van der Waals surface area (Å²) in [4.78, 5) is 6.52. The van der Waals surface area contributed by atoms with Gasteiger partial charge in [0.2, 0.25) is 0 Å². The maximum Gasteiger partial charge on any atom is 0.131 e. The van der Waals surface area contributed by atoms with E-state index >= 15 is 0 Å². The maximum absolute atomic E-state index is 8.87. The van der Waals surface area contributed by atoms with Gasteiger partial charge in [0, 0.05) is 31.8 Å². The molecule has 1 aliphatic rings. The van der Waals surface area contributed by atoms with Crippen LogP contribution in [-0.2, 0) is 0 Å². The van der Waals surface area contributed by atoms with Gasteiger partial charge in [-0.25, -0.2) is 4.98 Å². The van der Waals surface area contributed by atoms with E-state index in [0.29, 0.717) is 12.5 Å². The first kappa shape index (κ1) is 8.51. The van der Waals surface area contributed by atoms with E-state index in [1.54, 1.807) is 0 Å². The van der Waals surface area contributed by atoms with Crippen LogP contribution < -0.4 is 4.90 Å². The Kier molecular flexibility index (Phi) is 2.19. The summed E-state index contributed by atoms with van der Waals surface area (Å²) in [5.41, 5.74) is 1.21. The first-order chi connectivity index (χ1) is 6.31. The van der Waals surface area contributed by atoms with Gasteiger partial charge in [0.15, 0.2) is 0 Å². The van der Waals surface area contributed by atoms with E-state index in [4.69, 9.17) is 5.11 Å². The van der Waals surface area contributed by atoms with Gasteiger partial charge in [-0.1, -0.05) is 6.07 Å². The Hall–Kier alpha value is -1.09. The van der Waals surface area contributed by atoms with Crippen molar-refractivity contribution < 1.29 is 5.11 Å². The number of aromatic nitrogens is 1. The summed E-state index contributed by atoms with van der Waals surface area (Å²) in [7, 11) is 0. The molecule has 2 rings (SSSR count). The molecule has 0 radical (unpaired) electrons. The van der Waals surface area contributed by atoms with Gasteiger partial charge in [0.05, 0.1) is 0 Å². The number of hydrogen-bond donors (Lipinski definition) is 1. The average molecular weight is 178 g/mol. The molecule has 0 saturated carbocycles. The summed E-state index contributed by atoms with van der Waals surface area (Å²) >= 11 is 0. The van der Waals surface area contributed by atoms with Gasteiger partial charge in [-0.15, -0.1) is 0 Å². The Morgan fingerprint density at radius 1 is 1.62 bits per heavy atom. The zero-order valence-electron chi connectivity index (χ0n) is 7.77. The third kappa shape index (κ3) is 1.52. The fourth-order valence-corrected chi connectivity index (χ4v) is 1.67. The van der Waals surface area contributed by atoms with Crippen molar-refractivity contribution in [3.8, 4) is 0 Å². The fraction of sp³-hybridized carbons (Fsp3) is 0.500. The first-order valence-corrected chi connectivity index (χ1v) is 4.58. The number of pyridine rings is 1. The van der Waals surface area contributed by atoms with E-state index in [-0.39, 0.29) is 0 Å². The molecule has 1 aliphatic heterocycles. The van der Waals surface area contributed by atoms with E-state index in [1.807, 2.05) is 12.3 Å². The van der Waals surface area contributed by atoms with E-state index in [9.17, 15) is 0 Å². The standard InChI is InChI=1S/C10H14N2O/c1-8-3-2-4-11-10(8)12-5-9(6-12)7-13/h2-4,9,13H,5-7H2,1H3. The van der Waals surface area contributed by atoms with E-state index < -0.39 is 0 Å². The minimum absolute atomic E-state index is 0.294. The molecule has 3 heteroatoms. The lowest BCUT2D eigenvalue weighted by molar-refractivity contribution is 0.200. The Balaban J connectivity index is 2.07. The second kappa shape index (κ2) is 3.34. The SMILES string of the molecule is Cc1cccnc1N1CC(CO)C1. The monoisotopic (exact) mass is 178 g/mol. The van der Waals surface area contributed by atoms with E-state index in [1.165, 1.54) is 5.56 Å². The van der Waals surface area contributed by atoms with Gasteiger partial charge in [-0.2, -0.15) is 0 Å². The quantitative estimate of drug-likeness (QED) is 0.728. The first-order valence-electron chi connectivity index (χ1n) is 4.58. The summed E-state index contributed by atoms with van der Waals surface area (Å²) in [5.74, 6) is 1.51. The van der Waals surface area contributed by atoms with Crippen LogP contribution >= 0.6 is 0 Å². The number of anilines is 1. The summed E-state index contributed by atoms with van der Waals surface area (Å²) in [6.45, 7) is 4.24. The number of rotatable bonds is 2. The lowest BCUT2D eigenvalue weighted by Crippen LogP contribution is -2.49. The van der Waals surface area contributed by atoms with Gasteiger partial charge in [0.1, 0.15) is 5.82 Å². The van der Waals surface area contributed by atoms with Gasteiger partial charge < -0.3 is 10.0 Å². The number of aliphatic hydroxyl groups excluding tert-OH is 1. The summed E-state index contributed by atoms with van der Waals surface area (Å²) in [6.07, 6.45) is 1.81. The highest BCUT2D eigenvalue weighted by molar-refractivity contribution is 5.48. The third-order valence-electron chi connectivity index (χ3n) is 2.50. The average Bonchev–Trinajstić information content (AvgIpc) is 2.06. The van der Waals surface area contributed by atoms with E-state index in [0.717, 1.165) is 18.9 Å². The molecule has 1 aromatic heterocycles. The molecule has 1 N–H and O–H groups in total. The van der Waals surface area contributed by atoms with Crippen molar-refractivity contribution in [2.75, 3.05) is 24.6 Å². The van der Waals surface area contributed by atoms with Crippen LogP contribution in [0.5, 0.6) is 0 Å². The number of aryl methyl sites for hydroxylation is 1. The molecule has 13 heavy (non-hydrogen) atoms. The predicted molar refractivity (Wildman–Crippen MR) is 51.8 cm³/mol. The number of aliphatic hydroxyl groups is 1. The highest BCUT2D eigenvalue weighted by Crippen LogP contribution is 2.24. The number of hydrogen-bond acceptors (Lipinski definition) is 3. The Bertz CT molecular complexity index is 295. The molecule has 2 heterocycles. The van der Waals surface area contributed by atoms with Crippen LogP contribution in [0.2, 0.25) is 0 Å². The Morgan fingerprint density at radius 2 is 2.38 bits per heavy atom. The second-order valence-electron chi connectivity index (χ2n) is 3.60. The smallest absolute Gasteiger partial charge is 0.131 e. The van der Waals surface area contributed by atoms with Crippen molar-refractivity contribution in [2.45, 2.75) is 6.92 Å². The maximum atomic E-state index is 8.87. The molecule has 1 fully saturated rings. The van der Waals surface area contributed by atoms with Gasteiger partial charge in [-0.05, 0) is 18.6 Å². The minimum Gasteiger partial charge on any atom is -0.396 e. The molecule has 1 aromatic rings. The Morgan fingerprint density at radius 3 is 3.00 bits per heavy atom. The van der Waals surface area contributed by atoms with Crippen molar-refractivity contribution in [1.29, 1.82) is 0 Å².